The van der Waals surface area contributed by atoms with E-state index in [1.165, 1.54) is 0 Å². The third-order valence-electron chi connectivity index (χ3n) is 4.21. The number of benzene rings is 1. The van der Waals surface area contributed by atoms with Gasteiger partial charge in [0.2, 0.25) is 5.91 Å². The Morgan fingerprint density at radius 1 is 1.24 bits per heavy atom. The van der Waals surface area contributed by atoms with Crippen molar-refractivity contribution < 1.29 is 18.0 Å². The quantitative estimate of drug-likeness (QED) is 0.797. The van der Waals surface area contributed by atoms with Crippen LogP contribution in [0.25, 0.3) is 10.9 Å². The number of fused-ring (bicyclic) bond motifs is 1. The molecule has 1 fully saturated rings. The fourth-order valence-corrected chi connectivity index (χ4v) is 4.90. The van der Waals surface area contributed by atoms with E-state index in [4.69, 9.17) is 0 Å². The molecule has 1 aliphatic rings. The Morgan fingerprint density at radius 3 is 2.72 bits per heavy atom. The van der Waals surface area contributed by atoms with E-state index < -0.39 is 21.7 Å². The molecule has 0 aliphatic carbocycles. The first kappa shape index (κ1) is 17.3. The zero-order valence-corrected chi connectivity index (χ0v) is 14.6. The van der Waals surface area contributed by atoms with Crippen LogP contribution in [0.15, 0.2) is 30.3 Å². The second kappa shape index (κ2) is 6.79. The van der Waals surface area contributed by atoms with Gasteiger partial charge in [0.25, 0.3) is 5.91 Å². The minimum atomic E-state index is -3.02. The molecule has 132 valence electrons. The van der Waals surface area contributed by atoms with Gasteiger partial charge in [-0.15, -0.1) is 0 Å². The first-order valence-corrected chi connectivity index (χ1v) is 9.82. The molecular formula is C17H19N3O4S. The number of hydrazine groups is 1. The van der Waals surface area contributed by atoms with E-state index in [1.807, 2.05) is 18.2 Å². The van der Waals surface area contributed by atoms with Crippen molar-refractivity contribution in [2.75, 3.05) is 11.5 Å². The number of hydrogen-bond acceptors (Lipinski definition) is 5. The summed E-state index contributed by atoms with van der Waals surface area (Å²) in [6.07, 6.45) is 0.563. The van der Waals surface area contributed by atoms with Crippen molar-refractivity contribution in [1.82, 2.24) is 15.8 Å². The molecule has 2 N–H and O–H groups in total. The summed E-state index contributed by atoms with van der Waals surface area (Å²) in [7, 11) is -3.02. The van der Waals surface area contributed by atoms with Crippen molar-refractivity contribution >= 4 is 32.6 Å². The van der Waals surface area contributed by atoms with Gasteiger partial charge < -0.3 is 0 Å². The number of pyridine rings is 1. The van der Waals surface area contributed by atoms with Gasteiger partial charge in [0.1, 0.15) is 0 Å². The van der Waals surface area contributed by atoms with Crippen LogP contribution in [-0.4, -0.2) is 36.7 Å². The number of carbonyl (C=O) groups is 2. The number of sulfone groups is 1. The second-order valence-electron chi connectivity index (χ2n) is 6.30. The number of hydrogen-bond donors (Lipinski definition) is 2. The Balaban J connectivity index is 1.64. The van der Waals surface area contributed by atoms with Crippen molar-refractivity contribution in [2.45, 2.75) is 19.8 Å². The predicted octanol–water partition coefficient (Wildman–Crippen LogP) is 1.13. The fourth-order valence-electron chi connectivity index (χ4n) is 3.04. The van der Waals surface area contributed by atoms with Crippen LogP contribution in [0.2, 0.25) is 0 Å². The van der Waals surface area contributed by atoms with E-state index in [-0.39, 0.29) is 23.8 Å². The van der Waals surface area contributed by atoms with E-state index in [2.05, 4.69) is 15.8 Å². The number of rotatable bonds is 3. The lowest BCUT2D eigenvalue weighted by molar-refractivity contribution is -0.122. The minimum Gasteiger partial charge on any atom is -0.273 e. The van der Waals surface area contributed by atoms with Crippen LogP contribution < -0.4 is 10.9 Å². The van der Waals surface area contributed by atoms with Gasteiger partial charge in [-0.05, 0) is 31.4 Å². The van der Waals surface area contributed by atoms with Crippen LogP contribution in [0.4, 0.5) is 0 Å². The molecule has 2 heterocycles. The molecule has 1 saturated heterocycles. The Bertz CT molecular complexity index is 940. The average Bonchev–Trinajstić information content (AvgIpc) is 2.90. The van der Waals surface area contributed by atoms with Crippen LogP contribution in [0.3, 0.4) is 0 Å². The number of aromatic nitrogens is 1. The summed E-state index contributed by atoms with van der Waals surface area (Å²) in [5.41, 5.74) is 6.59. The van der Waals surface area contributed by atoms with Gasteiger partial charge in [-0.3, -0.25) is 25.4 Å². The largest absolute Gasteiger partial charge is 0.273 e. The van der Waals surface area contributed by atoms with Crippen LogP contribution in [0.1, 0.15) is 28.9 Å². The zero-order valence-electron chi connectivity index (χ0n) is 13.8. The predicted molar refractivity (Wildman–Crippen MR) is 93.5 cm³/mol. The van der Waals surface area contributed by atoms with Crippen molar-refractivity contribution in [3.05, 3.63) is 41.6 Å². The molecule has 7 nitrogen and oxygen atoms in total. The summed E-state index contributed by atoms with van der Waals surface area (Å²) in [6.45, 7) is 1.79. The molecule has 1 aromatic heterocycles. The molecule has 1 atom stereocenters. The number of aryl methyl sites for hydroxylation is 1. The fraction of sp³-hybridized carbons (Fsp3) is 0.353. The first-order chi connectivity index (χ1) is 11.8. The van der Waals surface area contributed by atoms with E-state index in [0.29, 0.717) is 28.6 Å². The van der Waals surface area contributed by atoms with E-state index in [1.54, 1.807) is 19.1 Å². The minimum absolute atomic E-state index is 0.0303. The normalized spacial score (nSPS) is 18.8. The molecule has 0 spiro atoms. The molecule has 8 heteroatoms. The van der Waals surface area contributed by atoms with Crippen LogP contribution in [-0.2, 0) is 14.6 Å². The van der Waals surface area contributed by atoms with Gasteiger partial charge in [-0.2, -0.15) is 0 Å². The highest BCUT2D eigenvalue weighted by Crippen LogP contribution is 2.21. The summed E-state index contributed by atoms with van der Waals surface area (Å²) < 4.78 is 22.8. The van der Waals surface area contributed by atoms with Crippen molar-refractivity contribution in [3.8, 4) is 0 Å². The summed E-state index contributed by atoms with van der Waals surface area (Å²) in [4.78, 5) is 28.7. The maximum absolute atomic E-state index is 12.4. The Kier molecular flexibility index (Phi) is 4.71. The molecule has 2 amide bonds. The molecule has 0 bridgehead atoms. The van der Waals surface area contributed by atoms with Crippen LogP contribution in [0.5, 0.6) is 0 Å². The zero-order chi connectivity index (χ0) is 18.0. The number of amides is 2. The van der Waals surface area contributed by atoms with E-state index >= 15 is 0 Å². The van der Waals surface area contributed by atoms with Gasteiger partial charge in [-0.1, -0.05) is 18.2 Å². The highest BCUT2D eigenvalue weighted by atomic mass is 32.2. The molecule has 1 aromatic carbocycles. The Labute approximate surface area is 145 Å². The average molecular weight is 361 g/mol. The number of carbonyl (C=O) groups excluding carboxylic acids is 2. The maximum atomic E-state index is 12.4. The van der Waals surface area contributed by atoms with Gasteiger partial charge in [0, 0.05) is 17.5 Å². The van der Waals surface area contributed by atoms with Crippen molar-refractivity contribution in [3.63, 3.8) is 0 Å². The molecule has 1 unspecified atom stereocenters. The summed E-state index contributed by atoms with van der Waals surface area (Å²) in [6, 6.07) is 8.93. The SMILES string of the molecule is Cc1cc(C(=O)NNC(=O)CC2CCS(=O)(=O)C2)c2ccccc2n1. The van der Waals surface area contributed by atoms with Gasteiger partial charge in [-0.25, -0.2) is 8.42 Å². The molecule has 3 rings (SSSR count). The topological polar surface area (TPSA) is 105 Å². The summed E-state index contributed by atoms with van der Waals surface area (Å²) in [5.74, 6) is -0.868. The van der Waals surface area contributed by atoms with Crippen molar-refractivity contribution in [2.24, 2.45) is 5.92 Å². The lowest BCUT2D eigenvalue weighted by atomic mass is 10.1. The van der Waals surface area contributed by atoms with E-state index in [0.717, 1.165) is 0 Å². The maximum Gasteiger partial charge on any atom is 0.270 e. The smallest absolute Gasteiger partial charge is 0.270 e. The van der Waals surface area contributed by atoms with Gasteiger partial charge >= 0.3 is 0 Å². The van der Waals surface area contributed by atoms with Gasteiger partial charge in [0.15, 0.2) is 9.84 Å². The molecule has 1 aliphatic heterocycles. The lowest BCUT2D eigenvalue weighted by Gasteiger charge is -2.11. The highest BCUT2D eigenvalue weighted by molar-refractivity contribution is 7.91. The first-order valence-electron chi connectivity index (χ1n) is 8.00. The molecule has 0 saturated carbocycles. The molecular weight excluding hydrogens is 342 g/mol. The Hall–Kier alpha value is -2.48. The van der Waals surface area contributed by atoms with E-state index in [9.17, 15) is 18.0 Å². The molecule has 0 radical (unpaired) electrons. The Morgan fingerprint density at radius 2 is 2.00 bits per heavy atom. The molecule has 25 heavy (non-hydrogen) atoms. The van der Waals surface area contributed by atoms with Crippen LogP contribution in [0, 0.1) is 12.8 Å². The number of para-hydroxylation sites is 1. The summed E-state index contributed by atoms with van der Waals surface area (Å²) in [5, 5.41) is 0.696. The number of nitrogens with zero attached hydrogens (tertiary/aromatic N) is 1. The van der Waals surface area contributed by atoms with Gasteiger partial charge in [0.05, 0.1) is 22.6 Å². The molecule has 2 aromatic rings. The third-order valence-corrected chi connectivity index (χ3v) is 6.04. The standard InChI is InChI=1S/C17H19N3O4S/c1-11-8-14(13-4-2-3-5-15(13)18-11)17(22)20-19-16(21)9-12-6-7-25(23,24)10-12/h2-5,8,12H,6-7,9-10H2,1H3,(H,19,21)(H,20,22). The van der Waals surface area contributed by atoms with Crippen LogP contribution >= 0.6 is 0 Å². The van der Waals surface area contributed by atoms with Crippen molar-refractivity contribution in [1.29, 1.82) is 0 Å². The second-order valence-corrected chi connectivity index (χ2v) is 8.53. The monoisotopic (exact) mass is 361 g/mol. The number of nitrogens with one attached hydrogen (secondary N) is 2. The highest BCUT2D eigenvalue weighted by Gasteiger charge is 2.29. The third kappa shape index (κ3) is 4.14. The lowest BCUT2D eigenvalue weighted by Crippen LogP contribution is -2.42. The summed E-state index contributed by atoms with van der Waals surface area (Å²) >= 11 is 0.